The third kappa shape index (κ3) is 3.16. The molecule has 3 aromatic rings. The van der Waals surface area contributed by atoms with Gasteiger partial charge >= 0.3 is 5.96 Å². The molecule has 3 N–H and O–H groups in total. The molecule has 2 aromatic heterocycles. The first-order valence-electron chi connectivity index (χ1n) is 8.03. The van der Waals surface area contributed by atoms with Crippen LogP contribution in [-0.4, -0.2) is 20.5 Å². The van der Waals surface area contributed by atoms with Crippen molar-refractivity contribution in [2.45, 2.75) is 13.1 Å². The lowest BCUT2D eigenvalue weighted by atomic mass is 10.2. The third-order valence-corrected chi connectivity index (χ3v) is 4.22. The second-order valence-corrected chi connectivity index (χ2v) is 6.33. The fourth-order valence-corrected chi connectivity index (χ4v) is 2.93. The van der Waals surface area contributed by atoms with Crippen molar-refractivity contribution >= 4 is 29.2 Å². The SMILES string of the molecule is Cc1cc(=O)n2c(n1)NC(Nc1ccc(Cl)cc1)=[NH+]C2c1cccnc1. The van der Waals surface area contributed by atoms with Crippen LogP contribution < -0.4 is 21.2 Å². The van der Waals surface area contributed by atoms with E-state index in [-0.39, 0.29) is 5.56 Å². The first-order chi connectivity index (χ1) is 12.6. The van der Waals surface area contributed by atoms with E-state index in [1.807, 2.05) is 24.3 Å². The number of fused-ring (bicyclic) bond motifs is 1. The van der Waals surface area contributed by atoms with Gasteiger partial charge in [0.05, 0.1) is 5.69 Å². The van der Waals surface area contributed by atoms with Crippen molar-refractivity contribution in [1.29, 1.82) is 0 Å². The second kappa shape index (κ2) is 6.61. The Balaban J connectivity index is 1.78. The van der Waals surface area contributed by atoms with Crippen LogP contribution in [0.3, 0.4) is 0 Å². The Hall–Kier alpha value is -3.19. The smallest absolute Gasteiger partial charge is 0.269 e. The predicted octanol–water partition coefficient (Wildman–Crippen LogP) is 1.12. The summed E-state index contributed by atoms with van der Waals surface area (Å²) in [7, 11) is 0. The molecule has 0 fully saturated rings. The molecule has 0 spiro atoms. The number of rotatable bonds is 2. The first-order valence-corrected chi connectivity index (χ1v) is 8.41. The predicted molar refractivity (Wildman–Crippen MR) is 100 cm³/mol. The van der Waals surface area contributed by atoms with Crippen LogP contribution in [-0.2, 0) is 0 Å². The minimum absolute atomic E-state index is 0.146. The van der Waals surface area contributed by atoms with Crippen molar-refractivity contribution in [3.63, 3.8) is 0 Å². The molecule has 0 bridgehead atoms. The number of aromatic nitrogens is 3. The topological polar surface area (TPSA) is 85.8 Å². The first kappa shape index (κ1) is 16.3. The Morgan fingerprint density at radius 2 is 2.08 bits per heavy atom. The fraction of sp³-hybridized carbons (Fsp3) is 0.111. The molecule has 0 saturated carbocycles. The molecular formula is C18H16ClN6O+. The number of benzene rings is 1. The summed E-state index contributed by atoms with van der Waals surface area (Å²) in [6, 6.07) is 12.6. The summed E-state index contributed by atoms with van der Waals surface area (Å²) in [6.45, 7) is 1.79. The van der Waals surface area contributed by atoms with Gasteiger partial charge in [0.15, 0.2) is 6.17 Å². The molecule has 1 aromatic carbocycles. The van der Waals surface area contributed by atoms with Crippen molar-refractivity contribution in [3.8, 4) is 0 Å². The van der Waals surface area contributed by atoms with Gasteiger partial charge in [0, 0.05) is 34.7 Å². The summed E-state index contributed by atoms with van der Waals surface area (Å²) in [4.78, 5) is 24.5. The lowest BCUT2D eigenvalue weighted by molar-refractivity contribution is -0.520. The van der Waals surface area contributed by atoms with Gasteiger partial charge in [-0.2, -0.15) is 0 Å². The number of nitrogens with zero attached hydrogens (tertiary/aromatic N) is 3. The normalized spacial score (nSPS) is 15.6. The molecule has 0 saturated heterocycles. The highest BCUT2D eigenvalue weighted by atomic mass is 35.5. The standard InChI is InChI=1S/C18H15ClN6O/c1-11-9-15(26)25-16(12-3-2-8-20-10-12)23-17(24-18(25)21-11)22-14-6-4-13(19)5-7-14/h2-10,16H,1H3,(H2,21,22,23,24)/p+1. The van der Waals surface area contributed by atoms with Crippen LogP contribution in [0.1, 0.15) is 17.4 Å². The van der Waals surface area contributed by atoms with Crippen LogP contribution >= 0.6 is 11.6 Å². The van der Waals surface area contributed by atoms with Gasteiger partial charge in [-0.05, 0) is 37.3 Å². The minimum Gasteiger partial charge on any atom is -0.269 e. The van der Waals surface area contributed by atoms with Gasteiger partial charge in [-0.3, -0.25) is 14.8 Å². The zero-order chi connectivity index (χ0) is 18.1. The Kier molecular flexibility index (Phi) is 4.14. The Morgan fingerprint density at radius 3 is 2.81 bits per heavy atom. The van der Waals surface area contributed by atoms with E-state index in [4.69, 9.17) is 11.6 Å². The van der Waals surface area contributed by atoms with Crippen LogP contribution in [0.15, 0.2) is 59.7 Å². The van der Waals surface area contributed by atoms with Gasteiger partial charge in [0.25, 0.3) is 11.5 Å². The van der Waals surface area contributed by atoms with E-state index in [9.17, 15) is 4.79 Å². The summed E-state index contributed by atoms with van der Waals surface area (Å²) in [5.41, 5.74) is 2.19. The molecule has 7 nitrogen and oxygen atoms in total. The summed E-state index contributed by atoms with van der Waals surface area (Å²) < 4.78 is 1.57. The van der Waals surface area contributed by atoms with Crippen LogP contribution in [0.4, 0.5) is 11.6 Å². The number of halogens is 1. The molecule has 0 amide bonds. The maximum atomic E-state index is 12.5. The van der Waals surface area contributed by atoms with Crippen LogP contribution in [0.25, 0.3) is 0 Å². The highest BCUT2D eigenvalue weighted by molar-refractivity contribution is 6.30. The average molecular weight is 368 g/mol. The van der Waals surface area contributed by atoms with Crippen molar-refractivity contribution < 1.29 is 4.99 Å². The number of hydrogen-bond acceptors (Lipinski definition) is 5. The second-order valence-electron chi connectivity index (χ2n) is 5.89. The maximum Gasteiger partial charge on any atom is 0.357 e. The summed E-state index contributed by atoms with van der Waals surface area (Å²) in [6.07, 6.45) is 2.98. The van der Waals surface area contributed by atoms with Crippen LogP contribution in [0.5, 0.6) is 0 Å². The summed E-state index contributed by atoms with van der Waals surface area (Å²) in [5, 5.41) is 7.04. The van der Waals surface area contributed by atoms with E-state index < -0.39 is 6.17 Å². The summed E-state index contributed by atoms with van der Waals surface area (Å²) in [5.74, 6) is 1.07. The molecule has 130 valence electrons. The largest absolute Gasteiger partial charge is 0.357 e. The van der Waals surface area contributed by atoms with Crippen LogP contribution in [0, 0.1) is 6.92 Å². The van der Waals surface area contributed by atoms with E-state index in [2.05, 4.69) is 25.6 Å². The number of anilines is 2. The van der Waals surface area contributed by atoms with Crippen molar-refractivity contribution in [2.24, 2.45) is 0 Å². The summed E-state index contributed by atoms with van der Waals surface area (Å²) >= 11 is 5.94. The van der Waals surface area contributed by atoms with E-state index in [1.54, 1.807) is 36.0 Å². The average Bonchev–Trinajstić information content (AvgIpc) is 2.63. The zero-order valence-electron chi connectivity index (χ0n) is 13.9. The van der Waals surface area contributed by atoms with Crippen molar-refractivity contribution in [1.82, 2.24) is 14.5 Å². The maximum absolute atomic E-state index is 12.5. The number of nitrogens with one attached hydrogen (secondary N) is 3. The number of aryl methyl sites for hydroxylation is 1. The quantitative estimate of drug-likeness (QED) is 0.632. The number of guanidine groups is 1. The molecule has 8 heteroatoms. The van der Waals surface area contributed by atoms with Gasteiger partial charge in [-0.25, -0.2) is 20.2 Å². The molecule has 0 aliphatic carbocycles. The van der Waals surface area contributed by atoms with E-state index in [0.29, 0.717) is 22.6 Å². The van der Waals surface area contributed by atoms with Gasteiger partial charge < -0.3 is 0 Å². The molecule has 1 aliphatic rings. The zero-order valence-corrected chi connectivity index (χ0v) is 14.7. The molecule has 26 heavy (non-hydrogen) atoms. The Morgan fingerprint density at radius 1 is 1.27 bits per heavy atom. The molecule has 1 aliphatic heterocycles. The Bertz CT molecular complexity index is 1030. The molecule has 1 unspecified atom stereocenters. The van der Waals surface area contributed by atoms with Gasteiger partial charge in [0.1, 0.15) is 0 Å². The highest BCUT2D eigenvalue weighted by Gasteiger charge is 2.29. The lowest BCUT2D eigenvalue weighted by Crippen LogP contribution is -2.82. The molecular weight excluding hydrogens is 352 g/mol. The van der Waals surface area contributed by atoms with E-state index >= 15 is 0 Å². The lowest BCUT2D eigenvalue weighted by Gasteiger charge is -2.22. The number of hydrogen-bond donors (Lipinski definition) is 3. The monoisotopic (exact) mass is 367 g/mol. The third-order valence-electron chi connectivity index (χ3n) is 3.97. The highest BCUT2D eigenvalue weighted by Crippen LogP contribution is 2.17. The molecule has 4 rings (SSSR count). The van der Waals surface area contributed by atoms with Gasteiger partial charge in [-0.15, -0.1) is 0 Å². The van der Waals surface area contributed by atoms with E-state index in [1.165, 1.54) is 6.07 Å². The minimum atomic E-state index is -0.435. The van der Waals surface area contributed by atoms with Gasteiger partial charge in [-0.1, -0.05) is 17.7 Å². The molecule has 0 radical (unpaired) electrons. The fourth-order valence-electron chi connectivity index (χ4n) is 2.81. The van der Waals surface area contributed by atoms with Crippen molar-refractivity contribution in [3.05, 3.63) is 81.5 Å². The van der Waals surface area contributed by atoms with Crippen molar-refractivity contribution in [2.75, 3.05) is 10.6 Å². The number of pyridine rings is 1. The van der Waals surface area contributed by atoms with Gasteiger partial charge in [0.2, 0.25) is 0 Å². The van der Waals surface area contributed by atoms with E-state index in [0.717, 1.165) is 11.3 Å². The molecule has 1 atom stereocenters. The van der Waals surface area contributed by atoms with Crippen LogP contribution in [0.2, 0.25) is 5.02 Å². The Labute approximate surface area is 154 Å². The molecule has 3 heterocycles.